The summed E-state index contributed by atoms with van der Waals surface area (Å²) in [6.45, 7) is 8.15. The lowest BCUT2D eigenvalue weighted by molar-refractivity contribution is -0.140. The van der Waals surface area contributed by atoms with E-state index in [1.54, 1.807) is 43.3 Å². The van der Waals surface area contributed by atoms with Gasteiger partial charge in [0.05, 0.1) is 18.6 Å². The molecule has 10 heteroatoms. The first-order valence-electron chi connectivity index (χ1n) is 12.0. The average molecular weight is 538 g/mol. The number of ether oxygens (including phenoxy) is 1. The van der Waals surface area contributed by atoms with E-state index in [-0.39, 0.29) is 43.8 Å². The first-order chi connectivity index (χ1) is 16.9. The number of amides is 2. The summed E-state index contributed by atoms with van der Waals surface area (Å²) in [5, 5.41) is 3.43. The van der Waals surface area contributed by atoms with Gasteiger partial charge in [0.15, 0.2) is 0 Å². The Morgan fingerprint density at radius 1 is 1.03 bits per heavy atom. The van der Waals surface area contributed by atoms with Crippen LogP contribution < -0.4 is 14.4 Å². The molecule has 1 N–H and O–H groups in total. The maximum atomic E-state index is 13.3. The number of sulfonamides is 1. The number of nitrogens with zero attached hydrogens (tertiary/aromatic N) is 2. The molecule has 0 aliphatic heterocycles. The Kier molecular flexibility index (Phi) is 11.0. The van der Waals surface area contributed by atoms with Crippen LogP contribution in [0.25, 0.3) is 0 Å². The summed E-state index contributed by atoms with van der Waals surface area (Å²) in [5.41, 5.74) is 1.33. The van der Waals surface area contributed by atoms with Gasteiger partial charge in [0, 0.05) is 30.6 Å². The van der Waals surface area contributed by atoms with E-state index in [9.17, 15) is 18.0 Å². The van der Waals surface area contributed by atoms with Gasteiger partial charge in [0.25, 0.3) is 0 Å². The molecule has 36 heavy (non-hydrogen) atoms. The molecule has 0 saturated carbocycles. The summed E-state index contributed by atoms with van der Waals surface area (Å²) in [6.07, 6.45) is 1.50. The molecule has 2 aromatic rings. The average Bonchev–Trinajstić information content (AvgIpc) is 2.80. The third-order valence-electron chi connectivity index (χ3n) is 5.45. The minimum absolute atomic E-state index is 0.0649. The second-order valence-corrected chi connectivity index (χ2v) is 11.2. The largest absolute Gasteiger partial charge is 0.494 e. The van der Waals surface area contributed by atoms with Crippen LogP contribution in [0.4, 0.5) is 5.69 Å². The molecule has 0 aromatic heterocycles. The Labute approximate surface area is 219 Å². The zero-order valence-electron chi connectivity index (χ0n) is 21.5. The number of benzene rings is 2. The highest BCUT2D eigenvalue weighted by atomic mass is 35.5. The predicted octanol–water partition coefficient (Wildman–Crippen LogP) is 4.23. The van der Waals surface area contributed by atoms with Crippen LogP contribution in [0.1, 0.15) is 46.1 Å². The summed E-state index contributed by atoms with van der Waals surface area (Å²) in [5.74, 6) is 0.160. The van der Waals surface area contributed by atoms with E-state index in [1.807, 2.05) is 32.9 Å². The first kappa shape index (κ1) is 29.5. The summed E-state index contributed by atoms with van der Waals surface area (Å²) in [4.78, 5) is 27.5. The summed E-state index contributed by atoms with van der Waals surface area (Å²) < 4.78 is 31.6. The highest BCUT2D eigenvalue weighted by Crippen LogP contribution is 2.23. The van der Waals surface area contributed by atoms with Crippen LogP contribution in [0.3, 0.4) is 0 Å². The third-order valence-corrected chi connectivity index (χ3v) is 6.90. The molecule has 0 bridgehead atoms. The second kappa shape index (κ2) is 13.5. The molecule has 0 saturated heterocycles. The molecule has 0 aliphatic carbocycles. The monoisotopic (exact) mass is 537 g/mol. The number of nitrogens with one attached hydrogen (secondary N) is 1. The van der Waals surface area contributed by atoms with Crippen molar-refractivity contribution in [3.8, 4) is 5.75 Å². The molecule has 2 rings (SSSR count). The Morgan fingerprint density at radius 2 is 1.64 bits per heavy atom. The van der Waals surface area contributed by atoms with Gasteiger partial charge in [-0.3, -0.25) is 13.9 Å². The molecule has 1 atom stereocenters. The van der Waals surface area contributed by atoms with Gasteiger partial charge in [-0.1, -0.05) is 23.7 Å². The molecular weight excluding hydrogens is 502 g/mol. The highest BCUT2D eigenvalue weighted by molar-refractivity contribution is 7.92. The van der Waals surface area contributed by atoms with Crippen LogP contribution in [0.15, 0.2) is 48.5 Å². The lowest BCUT2D eigenvalue weighted by Gasteiger charge is -2.30. The molecule has 0 radical (unpaired) electrons. The van der Waals surface area contributed by atoms with Crippen molar-refractivity contribution in [2.75, 3.05) is 23.7 Å². The second-order valence-electron chi connectivity index (χ2n) is 8.85. The number of rotatable bonds is 13. The Balaban J connectivity index is 2.14. The maximum absolute atomic E-state index is 13.3. The Bertz CT molecular complexity index is 1110. The number of anilines is 1. The maximum Gasteiger partial charge on any atom is 0.242 e. The molecule has 0 heterocycles. The van der Waals surface area contributed by atoms with Crippen molar-refractivity contribution < 1.29 is 22.7 Å². The molecular formula is C26H36ClN3O5S. The van der Waals surface area contributed by atoms with Crippen molar-refractivity contribution in [3.05, 3.63) is 59.1 Å². The smallest absolute Gasteiger partial charge is 0.242 e. The summed E-state index contributed by atoms with van der Waals surface area (Å²) in [6, 6.07) is 13.1. The van der Waals surface area contributed by atoms with Gasteiger partial charge in [-0.2, -0.15) is 0 Å². The van der Waals surface area contributed by atoms with Gasteiger partial charge >= 0.3 is 0 Å². The van der Waals surface area contributed by atoms with Crippen molar-refractivity contribution in [2.45, 2.75) is 59.2 Å². The first-order valence-corrected chi connectivity index (χ1v) is 14.2. The topological polar surface area (TPSA) is 96.0 Å². The lowest BCUT2D eigenvalue weighted by atomic mass is 10.1. The predicted molar refractivity (Wildman–Crippen MR) is 144 cm³/mol. The molecule has 0 spiro atoms. The SMILES string of the molecule is CCOc1ccc(N(CCCC(=O)N(Cc2ccc(Cl)cc2)C(C)C(=O)NC(C)C)S(C)(=O)=O)cc1. The zero-order valence-corrected chi connectivity index (χ0v) is 23.1. The molecule has 2 aromatic carbocycles. The van der Waals surface area contributed by atoms with E-state index in [2.05, 4.69) is 5.32 Å². The fourth-order valence-corrected chi connectivity index (χ4v) is 4.74. The Morgan fingerprint density at radius 3 is 2.17 bits per heavy atom. The van der Waals surface area contributed by atoms with E-state index >= 15 is 0 Å². The lowest BCUT2D eigenvalue weighted by Crippen LogP contribution is -2.49. The number of hydrogen-bond donors (Lipinski definition) is 1. The van der Waals surface area contributed by atoms with Crippen LogP contribution in [0, 0.1) is 0 Å². The van der Waals surface area contributed by atoms with Gasteiger partial charge in [0.1, 0.15) is 11.8 Å². The van der Waals surface area contributed by atoms with Crippen LogP contribution >= 0.6 is 11.6 Å². The van der Waals surface area contributed by atoms with Gasteiger partial charge < -0.3 is 15.0 Å². The zero-order chi connectivity index (χ0) is 26.9. The summed E-state index contributed by atoms with van der Waals surface area (Å²) >= 11 is 5.99. The van der Waals surface area contributed by atoms with Crippen LogP contribution in [0.2, 0.25) is 5.02 Å². The number of carbonyl (C=O) groups is 2. The minimum atomic E-state index is -3.57. The van der Waals surface area contributed by atoms with Crippen LogP contribution in [-0.2, 0) is 26.2 Å². The van der Waals surface area contributed by atoms with E-state index in [4.69, 9.17) is 16.3 Å². The van der Waals surface area contributed by atoms with Crippen molar-refractivity contribution >= 4 is 39.1 Å². The molecule has 2 amide bonds. The molecule has 0 aliphatic rings. The number of carbonyl (C=O) groups excluding carboxylic acids is 2. The van der Waals surface area contributed by atoms with Crippen molar-refractivity contribution in [1.82, 2.24) is 10.2 Å². The normalized spacial score (nSPS) is 12.2. The third kappa shape index (κ3) is 9.02. The van der Waals surface area contributed by atoms with E-state index in [1.165, 1.54) is 9.21 Å². The van der Waals surface area contributed by atoms with E-state index in [0.29, 0.717) is 23.1 Å². The van der Waals surface area contributed by atoms with Crippen molar-refractivity contribution in [3.63, 3.8) is 0 Å². The standard InChI is InChI=1S/C26H36ClN3O5S/c1-6-35-24-15-13-23(14-16-24)30(36(5,33)34)17-7-8-25(31)29(20(4)26(32)28-19(2)3)18-21-9-11-22(27)12-10-21/h9-16,19-20H,6-8,17-18H2,1-5H3,(H,28,32). The molecule has 8 nitrogen and oxygen atoms in total. The van der Waals surface area contributed by atoms with Gasteiger partial charge in [-0.05, 0) is 76.1 Å². The van der Waals surface area contributed by atoms with Gasteiger partial charge in [0.2, 0.25) is 21.8 Å². The molecule has 1 unspecified atom stereocenters. The van der Waals surface area contributed by atoms with Crippen molar-refractivity contribution in [1.29, 1.82) is 0 Å². The van der Waals surface area contributed by atoms with E-state index in [0.717, 1.165) is 11.8 Å². The minimum Gasteiger partial charge on any atom is -0.494 e. The number of hydrogen-bond acceptors (Lipinski definition) is 5. The van der Waals surface area contributed by atoms with Crippen molar-refractivity contribution in [2.24, 2.45) is 0 Å². The Hall–Kier alpha value is -2.78. The fourth-order valence-electron chi connectivity index (χ4n) is 3.65. The highest BCUT2D eigenvalue weighted by Gasteiger charge is 2.27. The number of halogens is 1. The van der Waals surface area contributed by atoms with Gasteiger partial charge in [-0.15, -0.1) is 0 Å². The molecule has 0 fully saturated rings. The molecule has 198 valence electrons. The summed E-state index contributed by atoms with van der Waals surface area (Å²) in [7, 11) is -3.57. The fraction of sp³-hybridized carbons (Fsp3) is 0.462. The van der Waals surface area contributed by atoms with Crippen LogP contribution in [-0.4, -0.2) is 56.6 Å². The quantitative estimate of drug-likeness (QED) is 0.412. The van der Waals surface area contributed by atoms with Crippen LogP contribution in [0.5, 0.6) is 5.75 Å². The van der Waals surface area contributed by atoms with E-state index < -0.39 is 16.1 Å². The van der Waals surface area contributed by atoms with Gasteiger partial charge in [-0.25, -0.2) is 8.42 Å².